The van der Waals surface area contributed by atoms with Crippen molar-refractivity contribution in [2.75, 3.05) is 6.61 Å². The van der Waals surface area contributed by atoms with E-state index in [0.717, 1.165) is 6.08 Å². The Morgan fingerprint density at radius 3 is 1.88 bits per heavy atom. The van der Waals surface area contributed by atoms with Gasteiger partial charge in [0.05, 0.1) is 0 Å². The summed E-state index contributed by atoms with van der Waals surface area (Å²) in [7, 11) is 0. The fourth-order valence-corrected chi connectivity index (χ4v) is 2.24. The van der Waals surface area contributed by atoms with Gasteiger partial charge < -0.3 is 4.74 Å². The van der Waals surface area contributed by atoms with Crippen LogP contribution in [0.2, 0.25) is 0 Å². The molecule has 16 heavy (non-hydrogen) atoms. The van der Waals surface area contributed by atoms with Gasteiger partial charge in [0.2, 0.25) is 7.59 Å². The predicted molar refractivity (Wildman–Crippen MR) is 69.8 cm³/mol. The highest BCUT2D eigenvalue weighted by molar-refractivity contribution is 6.75. The first-order valence-corrected chi connectivity index (χ1v) is 5.99. The zero-order chi connectivity index (χ0) is 13.0. The molecule has 8 heteroatoms. The zero-order valence-corrected chi connectivity index (χ0v) is 12.2. The van der Waals surface area contributed by atoms with Crippen LogP contribution in [-0.4, -0.2) is 20.2 Å². The minimum atomic E-state index is -2.02. The number of hydrogen-bond acceptors (Lipinski definition) is 2. The smallest absolute Gasteiger partial charge is 0.331 e. The summed E-state index contributed by atoms with van der Waals surface area (Å²) >= 11 is 33.3. The molecule has 0 aromatic carbocycles. The van der Waals surface area contributed by atoms with Crippen molar-refractivity contribution in [2.45, 2.75) is 7.59 Å². The second-order valence-electron chi connectivity index (χ2n) is 2.47. The van der Waals surface area contributed by atoms with Crippen molar-refractivity contribution >= 4 is 75.6 Å². The van der Waals surface area contributed by atoms with Crippen molar-refractivity contribution in [1.82, 2.24) is 0 Å². The number of hydrogen-bond donors (Lipinski definition) is 0. The lowest BCUT2D eigenvalue weighted by Crippen LogP contribution is -2.22. The standard InChI is InChI=1S/C8H6Cl6O2/c1-2-3-16-6(15)4-5(7(9,10)11)8(12,13)14/h2,4H,1,3H2. The molecule has 2 nitrogen and oxygen atoms in total. The van der Waals surface area contributed by atoms with Crippen LogP contribution < -0.4 is 0 Å². The van der Waals surface area contributed by atoms with Crippen molar-refractivity contribution in [3.8, 4) is 0 Å². The first-order chi connectivity index (χ1) is 7.09. The number of carbonyl (C=O) groups is 1. The number of alkyl halides is 6. The summed E-state index contributed by atoms with van der Waals surface area (Å²) in [4.78, 5) is 11.2. The number of allylic oxidation sites excluding steroid dienone is 1. The van der Waals surface area contributed by atoms with E-state index in [0.29, 0.717) is 0 Å². The van der Waals surface area contributed by atoms with Crippen LogP contribution in [0.3, 0.4) is 0 Å². The number of carbonyl (C=O) groups excluding carboxylic acids is 1. The van der Waals surface area contributed by atoms with Gasteiger partial charge in [-0.3, -0.25) is 0 Å². The second-order valence-corrected chi connectivity index (χ2v) is 7.03. The predicted octanol–water partition coefficient (Wildman–Crippen LogP) is 4.38. The van der Waals surface area contributed by atoms with Gasteiger partial charge in [0.25, 0.3) is 0 Å². The number of rotatable bonds is 3. The molecule has 0 aromatic heterocycles. The minimum Gasteiger partial charge on any atom is -0.458 e. The molecule has 0 bridgehead atoms. The summed E-state index contributed by atoms with van der Waals surface area (Å²) in [5, 5.41) is 0. The second kappa shape index (κ2) is 6.58. The fraction of sp³-hybridized carbons (Fsp3) is 0.375. The van der Waals surface area contributed by atoms with Crippen LogP contribution in [0.1, 0.15) is 0 Å². The molecule has 0 heterocycles. The van der Waals surface area contributed by atoms with Crippen LogP contribution in [0.5, 0.6) is 0 Å². The highest BCUT2D eigenvalue weighted by Gasteiger charge is 2.40. The van der Waals surface area contributed by atoms with E-state index in [9.17, 15) is 4.79 Å². The van der Waals surface area contributed by atoms with E-state index in [4.69, 9.17) is 69.6 Å². The van der Waals surface area contributed by atoms with E-state index in [1.165, 1.54) is 6.08 Å². The number of esters is 1. The Bertz CT molecular complexity index is 283. The third-order valence-corrected chi connectivity index (χ3v) is 2.44. The normalized spacial score (nSPS) is 11.9. The van der Waals surface area contributed by atoms with Gasteiger partial charge in [0.1, 0.15) is 6.61 Å². The molecular weight excluding hydrogens is 341 g/mol. The Balaban J connectivity index is 4.99. The van der Waals surface area contributed by atoms with Gasteiger partial charge in [-0.05, 0) is 0 Å². The molecule has 0 unspecified atom stereocenters. The monoisotopic (exact) mass is 344 g/mol. The molecule has 92 valence electrons. The quantitative estimate of drug-likeness (QED) is 0.328. The maximum absolute atomic E-state index is 11.2. The van der Waals surface area contributed by atoms with E-state index in [-0.39, 0.29) is 12.2 Å². The Labute approximate surface area is 123 Å². The molecule has 0 amide bonds. The summed E-state index contributed by atoms with van der Waals surface area (Å²) < 4.78 is 0.596. The maximum atomic E-state index is 11.2. The SMILES string of the molecule is C=CCOC(=O)C=C(C(Cl)(Cl)Cl)C(Cl)(Cl)Cl. The van der Waals surface area contributed by atoms with Crippen molar-refractivity contribution in [1.29, 1.82) is 0 Å². The van der Waals surface area contributed by atoms with Crippen molar-refractivity contribution in [3.63, 3.8) is 0 Å². The fourth-order valence-electron chi connectivity index (χ4n) is 0.625. The molecule has 0 aromatic rings. The Kier molecular flexibility index (Phi) is 6.86. The third kappa shape index (κ3) is 6.43. The van der Waals surface area contributed by atoms with Gasteiger partial charge in [-0.1, -0.05) is 82.3 Å². The average Bonchev–Trinajstić information content (AvgIpc) is 2.07. The number of ether oxygens (including phenoxy) is 1. The number of halogens is 6. The van der Waals surface area contributed by atoms with Crippen LogP contribution in [-0.2, 0) is 9.53 Å². The van der Waals surface area contributed by atoms with Gasteiger partial charge in [0.15, 0.2) is 0 Å². The largest absolute Gasteiger partial charge is 0.458 e. The first kappa shape index (κ1) is 16.7. The highest BCUT2D eigenvalue weighted by atomic mass is 35.6. The average molecular weight is 347 g/mol. The lowest BCUT2D eigenvalue weighted by Gasteiger charge is -2.22. The minimum absolute atomic E-state index is 0.00231. The summed E-state index contributed by atoms with van der Waals surface area (Å²) in [6.45, 7) is 3.36. The molecule has 0 saturated carbocycles. The van der Waals surface area contributed by atoms with Gasteiger partial charge in [-0.15, -0.1) is 0 Å². The lowest BCUT2D eigenvalue weighted by molar-refractivity contribution is -0.136. The zero-order valence-electron chi connectivity index (χ0n) is 7.65. The van der Waals surface area contributed by atoms with E-state index in [1.807, 2.05) is 0 Å². The Morgan fingerprint density at radius 1 is 1.12 bits per heavy atom. The molecule has 0 rings (SSSR count). The van der Waals surface area contributed by atoms with Crippen molar-refractivity contribution in [2.24, 2.45) is 0 Å². The first-order valence-electron chi connectivity index (χ1n) is 3.72. The molecule has 0 fully saturated rings. The van der Waals surface area contributed by atoms with E-state index < -0.39 is 13.6 Å². The van der Waals surface area contributed by atoms with E-state index in [2.05, 4.69) is 11.3 Å². The van der Waals surface area contributed by atoms with Crippen LogP contribution >= 0.6 is 69.6 Å². The summed E-state index contributed by atoms with van der Waals surface area (Å²) in [5.41, 5.74) is -0.316. The van der Waals surface area contributed by atoms with Crippen LogP contribution in [0.15, 0.2) is 24.3 Å². The van der Waals surface area contributed by atoms with Gasteiger partial charge in [0, 0.05) is 11.6 Å². The van der Waals surface area contributed by atoms with Crippen molar-refractivity contribution < 1.29 is 9.53 Å². The summed E-state index contributed by atoms with van der Waals surface area (Å²) in [6.07, 6.45) is 2.19. The Morgan fingerprint density at radius 2 is 1.56 bits per heavy atom. The molecule has 0 spiro atoms. The Hall–Kier alpha value is 0.690. The molecule has 0 radical (unpaired) electrons. The van der Waals surface area contributed by atoms with Crippen LogP contribution in [0.25, 0.3) is 0 Å². The molecule has 0 aliphatic rings. The van der Waals surface area contributed by atoms with Gasteiger partial charge in [-0.2, -0.15) is 0 Å². The third-order valence-electron chi connectivity index (χ3n) is 1.22. The van der Waals surface area contributed by atoms with E-state index >= 15 is 0 Å². The van der Waals surface area contributed by atoms with Crippen LogP contribution in [0, 0.1) is 0 Å². The van der Waals surface area contributed by atoms with Gasteiger partial charge in [-0.25, -0.2) is 4.79 Å². The summed E-state index contributed by atoms with van der Waals surface area (Å²) in [5.74, 6) is -0.799. The molecular formula is C8H6Cl6O2. The lowest BCUT2D eigenvalue weighted by atomic mass is 10.3. The van der Waals surface area contributed by atoms with E-state index in [1.54, 1.807) is 0 Å². The maximum Gasteiger partial charge on any atom is 0.331 e. The molecule has 0 N–H and O–H groups in total. The molecule has 0 aliphatic carbocycles. The summed E-state index contributed by atoms with van der Waals surface area (Å²) in [6, 6.07) is 0. The van der Waals surface area contributed by atoms with Crippen LogP contribution in [0.4, 0.5) is 0 Å². The molecule has 0 aliphatic heterocycles. The van der Waals surface area contributed by atoms with Crippen molar-refractivity contribution in [3.05, 3.63) is 24.3 Å². The topological polar surface area (TPSA) is 26.3 Å². The highest BCUT2D eigenvalue weighted by Crippen LogP contribution is 2.47. The molecule has 0 saturated heterocycles. The van der Waals surface area contributed by atoms with Gasteiger partial charge >= 0.3 is 5.97 Å². The molecule has 0 atom stereocenters.